The minimum atomic E-state index is 0.230. The van der Waals surface area contributed by atoms with E-state index in [9.17, 15) is 4.79 Å². The highest BCUT2D eigenvalue weighted by molar-refractivity contribution is 8.00. The van der Waals surface area contributed by atoms with Gasteiger partial charge in [-0.05, 0) is 56.9 Å². The van der Waals surface area contributed by atoms with Crippen molar-refractivity contribution in [3.05, 3.63) is 0 Å². The van der Waals surface area contributed by atoms with Crippen molar-refractivity contribution in [3.8, 4) is 0 Å². The Labute approximate surface area is 108 Å². The summed E-state index contributed by atoms with van der Waals surface area (Å²) in [4.78, 5) is 11.9. The van der Waals surface area contributed by atoms with Gasteiger partial charge < -0.3 is 10.6 Å². The predicted octanol–water partition coefficient (Wildman–Crippen LogP) is 1.78. The minimum absolute atomic E-state index is 0.230. The normalized spacial score (nSPS) is 29.9. The lowest BCUT2D eigenvalue weighted by Gasteiger charge is -2.24. The SMILES string of the molecule is O=C(NCCC1CCCNC1)C1CCCCS1. The lowest BCUT2D eigenvalue weighted by molar-refractivity contribution is -0.120. The van der Waals surface area contributed by atoms with Gasteiger partial charge in [-0.25, -0.2) is 0 Å². The lowest BCUT2D eigenvalue weighted by Crippen LogP contribution is -2.37. The Morgan fingerprint density at radius 1 is 1.29 bits per heavy atom. The smallest absolute Gasteiger partial charge is 0.233 e. The second-order valence-corrected chi connectivity index (χ2v) is 6.46. The second-order valence-electron chi connectivity index (χ2n) is 5.15. The van der Waals surface area contributed by atoms with Crippen LogP contribution in [0.2, 0.25) is 0 Å². The second kappa shape index (κ2) is 7.27. The molecule has 4 heteroatoms. The molecule has 2 unspecified atom stereocenters. The number of amides is 1. The van der Waals surface area contributed by atoms with Gasteiger partial charge in [-0.15, -0.1) is 11.8 Å². The molecular weight excluding hydrogens is 232 g/mol. The summed E-state index contributed by atoms with van der Waals surface area (Å²) < 4.78 is 0. The van der Waals surface area contributed by atoms with Crippen molar-refractivity contribution in [2.24, 2.45) is 5.92 Å². The average molecular weight is 256 g/mol. The molecule has 0 saturated carbocycles. The van der Waals surface area contributed by atoms with Gasteiger partial charge in [-0.1, -0.05) is 6.42 Å². The van der Waals surface area contributed by atoms with Gasteiger partial charge in [0.05, 0.1) is 5.25 Å². The van der Waals surface area contributed by atoms with E-state index >= 15 is 0 Å². The highest BCUT2D eigenvalue weighted by Crippen LogP contribution is 2.25. The monoisotopic (exact) mass is 256 g/mol. The Hall–Kier alpha value is -0.220. The standard InChI is InChI=1S/C13H24N2OS/c16-13(12-5-1-2-9-17-12)15-8-6-11-4-3-7-14-10-11/h11-12,14H,1-10H2,(H,15,16). The van der Waals surface area contributed by atoms with Gasteiger partial charge in [0.25, 0.3) is 0 Å². The summed E-state index contributed by atoms with van der Waals surface area (Å²) in [5.74, 6) is 2.20. The number of carbonyl (C=O) groups is 1. The predicted molar refractivity (Wildman–Crippen MR) is 73.3 cm³/mol. The summed E-state index contributed by atoms with van der Waals surface area (Å²) in [5, 5.41) is 6.76. The molecule has 0 bridgehead atoms. The van der Waals surface area contributed by atoms with E-state index in [1.54, 1.807) is 0 Å². The first-order valence-corrected chi connectivity index (χ1v) is 8.01. The van der Waals surface area contributed by atoms with Crippen LogP contribution in [0.5, 0.6) is 0 Å². The maximum Gasteiger partial charge on any atom is 0.233 e. The van der Waals surface area contributed by atoms with Crippen LogP contribution in [0.4, 0.5) is 0 Å². The van der Waals surface area contributed by atoms with Gasteiger partial charge >= 0.3 is 0 Å². The molecule has 17 heavy (non-hydrogen) atoms. The molecule has 2 saturated heterocycles. The van der Waals surface area contributed by atoms with Crippen molar-refractivity contribution in [2.75, 3.05) is 25.4 Å². The average Bonchev–Trinajstić information content (AvgIpc) is 2.41. The van der Waals surface area contributed by atoms with Gasteiger partial charge in [0.1, 0.15) is 0 Å². The maximum absolute atomic E-state index is 11.9. The van der Waals surface area contributed by atoms with E-state index in [1.165, 1.54) is 32.2 Å². The third kappa shape index (κ3) is 4.51. The molecule has 2 rings (SSSR count). The van der Waals surface area contributed by atoms with Crippen LogP contribution in [-0.4, -0.2) is 36.5 Å². The third-order valence-corrected chi connectivity index (χ3v) is 5.10. The summed E-state index contributed by atoms with van der Waals surface area (Å²) in [6.45, 7) is 3.16. The molecule has 2 aliphatic rings. The highest BCUT2D eigenvalue weighted by Gasteiger charge is 2.21. The largest absolute Gasteiger partial charge is 0.355 e. The number of thioether (sulfide) groups is 1. The zero-order valence-electron chi connectivity index (χ0n) is 10.5. The Bertz CT molecular complexity index is 236. The van der Waals surface area contributed by atoms with Crippen LogP contribution >= 0.6 is 11.8 Å². The Kier molecular flexibility index (Phi) is 5.65. The quantitative estimate of drug-likeness (QED) is 0.805. The van der Waals surface area contributed by atoms with Crippen molar-refractivity contribution < 1.29 is 4.79 Å². The van der Waals surface area contributed by atoms with Gasteiger partial charge in [0.2, 0.25) is 5.91 Å². The molecule has 0 aromatic carbocycles. The van der Waals surface area contributed by atoms with Gasteiger partial charge in [0, 0.05) is 6.54 Å². The van der Waals surface area contributed by atoms with Crippen molar-refractivity contribution in [1.29, 1.82) is 0 Å². The lowest BCUT2D eigenvalue weighted by atomic mass is 9.96. The molecule has 0 aliphatic carbocycles. The van der Waals surface area contributed by atoms with E-state index in [2.05, 4.69) is 10.6 Å². The van der Waals surface area contributed by atoms with Crippen molar-refractivity contribution in [1.82, 2.24) is 10.6 Å². The Balaban J connectivity index is 1.58. The van der Waals surface area contributed by atoms with E-state index in [1.807, 2.05) is 11.8 Å². The molecule has 2 atom stereocenters. The van der Waals surface area contributed by atoms with Crippen LogP contribution in [0.15, 0.2) is 0 Å². The molecule has 2 fully saturated rings. The molecule has 1 amide bonds. The molecule has 0 radical (unpaired) electrons. The molecular formula is C13H24N2OS. The summed E-state index contributed by atoms with van der Waals surface area (Å²) >= 11 is 1.83. The fourth-order valence-electron chi connectivity index (χ4n) is 2.63. The number of carbonyl (C=O) groups excluding carboxylic acids is 1. The van der Waals surface area contributed by atoms with Gasteiger partial charge in [-0.3, -0.25) is 4.79 Å². The zero-order valence-corrected chi connectivity index (χ0v) is 11.4. The third-order valence-electron chi connectivity index (χ3n) is 3.72. The first kappa shape index (κ1) is 13.2. The maximum atomic E-state index is 11.9. The van der Waals surface area contributed by atoms with Gasteiger partial charge in [0.15, 0.2) is 0 Å². The fraction of sp³-hybridized carbons (Fsp3) is 0.923. The summed E-state index contributed by atoms with van der Waals surface area (Å²) in [6.07, 6.45) is 7.32. The number of hydrogen-bond donors (Lipinski definition) is 2. The zero-order chi connectivity index (χ0) is 11.9. The van der Waals surface area contributed by atoms with Crippen molar-refractivity contribution in [2.45, 2.75) is 43.8 Å². The van der Waals surface area contributed by atoms with E-state index in [-0.39, 0.29) is 11.2 Å². The van der Waals surface area contributed by atoms with Crippen LogP contribution in [0, 0.1) is 5.92 Å². The topological polar surface area (TPSA) is 41.1 Å². The first-order chi connectivity index (χ1) is 8.36. The van der Waals surface area contributed by atoms with Crippen molar-refractivity contribution in [3.63, 3.8) is 0 Å². The number of rotatable bonds is 4. The molecule has 2 aliphatic heterocycles. The fourth-order valence-corrected chi connectivity index (χ4v) is 3.85. The minimum Gasteiger partial charge on any atom is -0.355 e. The van der Waals surface area contributed by atoms with Gasteiger partial charge in [-0.2, -0.15) is 0 Å². The van der Waals surface area contributed by atoms with E-state index in [4.69, 9.17) is 0 Å². The van der Waals surface area contributed by atoms with Crippen LogP contribution in [0.3, 0.4) is 0 Å². The number of nitrogens with one attached hydrogen (secondary N) is 2. The summed E-state index contributed by atoms with van der Waals surface area (Å²) in [6, 6.07) is 0. The molecule has 0 aromatic heterocycles. The first-order valence-electron chi connectivity index (χ1n) is 6.96. The molecule has 0 spiro atoms. The molecule has 2 heterocycles. The Morgan fingerprint density at radius 3 is 2.94 bits per heavy atom. The van der Waals surface area contributed by atoms with Crippen molar-refractivity contribution >= 4 is 17.7 Å². The molecule has 0 aromatic rings. The summed E-state index contributed by atoms with van der Waals surface area (Å²) in [7, 11) is 0. The van der Waals surface area contributed by atoms with Crippen LogP contribution in [0.25, 0.3) is 0 Å². The Morgan fingerprint density at radius 2 is 2.24 bits per heavy atom. The van der Waals surface area contributed by atoms with E-state index < -0.39 is 0 Å². The highest BCUT2D eigenvalue weighted by atomic mass is 32.2. The van der Waals surface area contributed by atoms with Crippen LogP contribution in [-0.2, 0) is 4.79 Å². The number of hydrogen-bond acceptors (Lipinski definition) is 3. The molecule has 2 N–H and O–H groups in total. The van der Waals surface area contributed by atoms with E-state index in [0.29, 0.717) is 0 Å². The van der Waals surface area contributed by atoms with Crippen LogP contribution in [0.1, 0.15) is 38.5 Å². The van der Waals surface area contributed by atoms with E-state index in [0.717, 1.165) is 37.6 Å². The summed E-state index contributed by atoms with van der Waals surface area (Å²) in [5.41, 5.74) is 0. The molecule has 3 nitrogen and oxygen atoms in total. The molecule has 98 valence electrons. The number of piperidine rings is 1. The van der Waals surface area contributed by atoms with Crippen LogP contribution < -0.4 is 10.6 Å².